The highest BCUT2D eigenvalue weighted by molar-refractivity contribution is 5.99. The highest BCUT2D eigenvalue weighted by atomic mass is 16.4. The Hall–Kier alpha value is -5.23. The number of nitrogens with one attached hydrogen (secondary N) is 2. The van der Waals surface area contributed by atoms with Crippen LogP contribution in [0.1, 0.15) is 41.5 Å². The summed E-state index contributed by atoms with van der Waals surface area (Å²) in [6.45, 7) is 3.70. The lowest BCUT2D eigenvalue weighted by Gasteiger charge is -2.27. The quantitative estimate of drug-likeness (QED) is 0.255. The minimum atomic E-state index is -0.561. The number of carbonyl (C=O) groups is 1. The number of fused-ring (bicyclic) bond motifs is 1. The molecule has 41 heavy (non-hydrogen) atoms. The maximum atomic E-state index is 12.6. The van der Waals surface area contributed by atoms with E-state index in [2.05, 4.69) is 30.8 Å². The summed E-state index contributed by atoms with van der Waals surface area (Å²) < 4.78 is 5.93. The van der Waals surface area contributed by atoms with Crippen molar-refractivity contribution in [2.45, 2.75) is 25.4 Å². The molecular formula is C29H27N9O3. The number of nitrogens with zero attached hydrogens (tertiary/aromatic N) is 7. The highest BCUT2D eigenvalue weighted by Gasteiger charge is 2.42. The SMILES string of the molecule is CN1C(=O)c2ccc(Nc3ncc(-c4nnc(-c5ccccn5)o4)c(N[C@H](CO)c4ccccc4)n3)nc2C1(C)C. The number of aliphatic hydroxyl groups excluding tert-OH is 1. The van der Waals surface area contributed by atoms with Gasteiger partial charge in [-0.05, 0) is 43.7 Å². The van der Waals surface area contributed by atoms with Crippen LogP contribution in [0.15, 0.2) is 77.5 Å². The Morgan fingerprint density at radius 2 is 1.73 bits per heavy atom. The molecule has 4 aromatic heterocycles. The number of carbonyl (C=O) groups excluding carboxylic acids is 1. The van der Waals surface area contributed by atoms with E-state index in [0.717, 1.165) is 5.56 Å². The first-order valence-corrected chi connectivity index (χ1v) is 13.0. The monoisotopic (exact) mass is 549 g/mol. The van der Waals surface area contributed by atoms with E-state index < -0.39 is 11.6 Å². The van der Waals surface area contributed by atoms with Gasteiger partial charge in [0.05, 0.1) is 35.0 Å². The zero-order chi connectivity index (χ0) is 28.6. The van der Waals surface area contributed by atoms with Gasteiger partial charge in [0.1, 0.15) is 17.3 Å². The minimum absolute atomic E-state index is 0.0725. The number of hydrogen-bond acceptors (Lipinski definition) is 11. The van der Waals surface area contributed by atoms with Crippen molar-refractivity contribution < 1.29 is 14.3 Å². The average molecular weight is 550 g/mol. The van der Waals surface area contributed by atoms with Crippen molar-refractivity contribution in [2.24, 2.45) is 0 Å². The van der Waals surface area contributed by atoms with Gasteiger partial charge >= 0.3 is 0 Å². The van der Waals surface area contributed by atoms with Gasteiger partial charge < -0.3 is 25.1 Å². The molecule has 0 spiro atoms. The second-order valence-corrected chi connectivity index (χ2v) is 10.0. The normalized spacial score (nSPS) is 14.5. The van der Waals surface area contributed by atoms with Crippen molar-refractivity contribution >= 4 is 23.5 Å². The molecule has 12 heteroatoms. The molecule has 206 valence electrons. The summed E-state index contributed by atoms with van der Waals surface area (Å²) in [4.78, 5) is 32.4. The maximum Gasteiger partial charge on any atom is 0.266 e. The summed E-state index contributed by atoms with van der Waals surface area (Å²) in [5.74, 6) is 1.45. The summed E-state index contributed by atoms with van der Waals surface area (Å²) in [5, 5.41) is 25.0. The third-order valence-corrected chi connectivity index (χ3v) is 7.11. The smallest absolute Gasteiger partial charge is 0.266 e. The Morgan fingerprint density at radius 1 is 0.951 bits per heavy atom. The molecule has 1 aromatic carbocycles. The number of benzene rings is 1. The van der Waals surface area contributed by atoms with Gasteiger partial charge in [-0.25, -0.2) is 9.97 Å². The molecule has 0 saturated heterocycles. The zero-order valence-corrected chi connectivity index (χ0v) is 22.6. The summed E-state index contributed by atoms with van der Waals surface area (Å²) in [6.07, 6.45) is 3.20. The average Bonchev–Trinajstić information content (AvgIpc) is 3.55. The molecular weight excluding hydrogens is 522 g/mol. The second-order valence-electron chi connectivity index (χ2n) is 10.0. The van der Waals surface area contributed by atoms with Crippen LogP contribution in [0.3, 0.4) is 0 Å². The van der Waals surface area contributed by atoms with Crippen LogP contribution >= 0.6 is 0 Å². The maximum absolute atomic E-state index is 12.6. The first-order chi connectivity index (χ1) is 19.8. The second kappa shape index (κ2) is 10.4. The lowest BCUT2D eigenvalue weighted by molar-refractivity contribution is 0.0688. The van der Waals surface area contributed by atoms with Gasteiger partial charge in [-0.15, -0.1) is 10.2 Å². The molecule has 0 aliphatic carbocycles. The lowest BCUT2D eigenvalue weighted by atomic mass is 10.00. The first kappa shape index (κ1) is 26.0. The predicted molar refractivity (Wildman–Crippen MR) is 151 cm³/mol. The van der Waals surface area contributed by atoms with E-state index in [-0.39, 0.29) is 30.2 Å². The van der Waals surface area contributed by atoms with Crippen LogP contribution in [0.4, 0.5) is 17.6 Å². The largest absolute Gasteiger partial charge is 0.414 e. The number of pyridine rings is 2. The summed E-state index contributed by atoms with van der Waals surface area (Å²) >= 11 is 0. The van der Waals surface area contributed by atoms with E-state index in [0.29, 0.717) is 34.2 Å². The van der Waals surface area contributed by atoms with Gasteiger partial charge in [0.15, 0.2) is 0 Å². The van der Waals surface area contributed by atoms with Crippen molar-refractivity contribution in [1.82, 2.24) is 35.0 Å². The molecule has 0 fully saturated rings. The number of amides is 1. The summed E-state index contributed by atoms with van der Waals surface area (Å²) in [7, 11) is 1.76. The van der Waals surface area contributed by atoms with E-state index in [1.54, 1.807) is 48.6 Å². The highest BCUT2D eigenvalue weighted by Crippen LogP contribution is 2.37. The minimum Gasteiger partial charge on any atom is -0.414 e. The zero-order valence-electron chi connectivity index (χ0n) is 22.6. The molecule has 5 aromatic rings. The Bertz CT molecular complexity index is 1710. The van der Waals surface area contributed by atoms with Crippen molar-refractivity contribution in [1.29, 1.82) is 0 Å². The van der Waals surface area contributed by atoms with Crippen molar-refractivity contribution in [3.63, 3.8) is 0 Å². The van der Waals surface area contributed by atoms with E-state index >= 15 is 0 Å². The molecule has 3 N–H and O–H groups in total. The van der Waals surface area contributed by atoms with Gasteiger partial charge in [0.25, 0.3) is 17.7 Å². The molecule has 6 rings (SSSR count). The Balaban J connectivity index is 1.36. The van der Waals surface area contributed by atoms with Crippen LogP contribution < -0.4 is 10.6 Å². The van der Waals surface area contributed by atoms with E-state index in [4.69, 9.17) is 14.4 Å². The van der Waals surface area contributed by atoms with Gasteiger partial charge in [0.2, 0.25) is 5.95 Å². The fourth-order valence-electron chi connectivity index (χ4n) is 4.59. The molecule has 1 aliphatic heterocycles. The summed E-state index contributed by atoms with van der Waals surface area (Å²) in [5.41, 5.74) is 2.51. The van der Waals surface area contributed by atoms with Crippen LogP contribution in [0.2, 0.25) is 0 Å². The first-order valence-electron chi connectivity index (χ1n) is 13.0. The molecule has 0 bridgehead atoms. The number of hydrogen-bond donors (Lipinski definition) is 3. The molecule has 0 radical (unpaired) electrons. The third kappa shape index (κ3) is 4.85. The standard InChI is InChI=1S/C29H27N9O3/c1-29(2)23-18(27(40)38(29)3)12-13-22(33-23)34-28-31-15-19(25-36-37-26(41-25)20-11-7-8-14-30-20)24(35-28)32-21(16-39)17-9-5-4-6-10-17/h4-15,21,39H,16H2,1-3H3,(H2,31,32,33,34,35)/t21-/m1/s1. The fraction of sp³-hybridized carbons (Fsp3) is 0.207. The fourth-order valence-corrected chi connectivity index (χ4v) is 4.59. The summed E-state index contributed by atoms with van der Waals surface area (Å²) in [6, 6.07) is 17.9. The molecule has 12 nitrogen and oxygen atoms in total. The van der Waals surface area contributed by atoms with E-state index in [9.17, 15) is 9.90 Å². The number of aliphatic hydroxyl groups is 1. The Morgan fingerprint density at radius 3 is 2.49 bits per heavy atom. The van der Waals surface area contributed by atoms with Gasteiger partial charge in [-0.1, -0.05) is 36.4 Å². The third-order valence-electron chi connectivity index (χ3n) is 7.11. The van der Waals surface area contributed by atoms with Gasteiger partial charge in [-0.3, -0.25) is 9.78 Å². The topological polar surface area (TPSA) is 155 Å². The molecule has 1 atom stereocenters. The van der Waals surface area contributed by atoms with Crippen LogP contribution in [-0.2, 0) is 5.54 Å². The Kier molecular flexibility index (Phi) is 6.59. The van der Waals surface area contributed by atoms with Crippen LogP contribution in [0, 0.1) is 0 Å². The number of anilines is 3. The van der Waals surface area contributed by atoms with Crippen molar-refractivity contribution in [3.8, 4) is 23.0 Å². The van der Waals surface area contributed by atoms with Crippen molar-refractivity contribution in [2.75, 3.05) is 24.3 Å². The number of rotatable bonds is 8. The van der Waals surface area contributed by atoms with Crippen molar-refractivity contribution in [3.05, 3.63) is 89.9 Å². The van der Waals surface area contributed by atoms with Gasteiger partial charge in [0, 0.05) is 19.4 Å². The molecule has 5 heterocycles. The molecule has 0 unspecified atom stereocenters. The van der Waals surface area contributed by atoms with Gasteiger partial charge in [-0.2, -0.15) is 4.98 Å². The Labute approximate surface area is 235 Å². The molecule has 0 saturated carbocycles. The van der Waals surface area contributed by atoms with Crippen LogP contribution in [-0.4, -0.2) is 59.7 Å². The molecule has 1 amide bonds. The van der Waals surface area contributed by atoms with Crippen LogP contribution in [0.5, 0.6) is 0 Å². The lowest BCUT2D eigenvalue weighted by Crippen LogP contribution is -2.35. The number of aromatic nitrogens is 6. The van der Waals surface area contributed by atoms with E-state index in [1.165, 1.54) is 0 Å². The van der Waals surface area contributed by atoms with Crippen LogP contribution in [0.25, 0.3) is 23.0 Å². The predicted octanol–water partition coefficient (Wildman–Crippen LogP) is 4.19. The molecule has 1 aliphatic rings. The van der Waals surface area contributed by atoms with E-state index in [1.807, 2.05) is 50.2 Å².